The van der Waals surface area contributed by atoms with Gasteiger partial charge in [0.25, 0.3) is 0 Å². The SMILES string of the molecule is CN1CCC(c2nc(N3CCOCC3)nc3c2CCN3c2ccccc2)C1. The molecule has 3 aliphatic heterocycles. The summed E-state index contributed by atoms with van der Waals surface area (Å²) < 4.78 is 5.53. The lowest BCUT2D eigenvalue weighted by Gasteiger charge is -2.29. The van der Waals surface area contributed by atoms with Crippen LogP contribution in [0.25, 0.3) is 0 Å². The number of aromatic nitrogens is 2. The third-order valence-corrected chi connectivity index (χ3v) is 5.99. The number of benzene rings is 1. The highest BCUT2D eigenvalue weighted by Crippen LogP contribution is 2.39. The molecule has 3 aliphatic rings. The average Bonchev–Trinajstić information content (AvgIpc) is 3.35. The van der Waals surface area contributed by atoms with E-state index < -0.39 is 0 Å². The van der Waals surface area contributed by atoms with Crippen LogP contribution >= 0.6 is 0 Å². The highest BCUT2D eigenvalue weighted by atomic mass is 16.5. The van der Waals surface area contributed by atoms with E-state index >= 15 is 0 Å². The molecular formula is C21H27N5O. The first-order valence-electron chi connectivity index (χ1n) is 10.0. The average molecular weight is 365 g/mol. The summed E-state index contributed by atoms with van der Waals surface area (Å²) in [5, 5.41) is 0. The Kier molecular flexibility index (Phi) is 4.45. The molecule has 2 aromatic rings. The van der Waals surface area contributed by atoms with Gasteiger partial charge < -0.3 is 19.4 Å². The molecule has 0 radical (unpaired) electrons. The number of hydrogen-bond donors (Lipinski definition) is 0. The number of anilines is 3. The number of likely N-dealkylation sites (tertiary alicyclic amines) is 1. The van der Waals surface area contributed by atoms with E-state index in [-0.39, 0.29) is 0 Å². The van der Waals surface area contributed by atoms with E-state index in [4.69, 9.17) is 14.7 Å². The van der Waals surface area contributed by atoms with Gasteiger partial charge in [-0.15, -0.1) is 0 Å². The smallest absolute Gasteiger partial charge is 0.227 e. The highest BCUT2D eigenvalue weighted by Gasteiger charge is 2.33. The molecule has 0 spiro atoms. The van der Waals surface area contributed by atoms with Crippen LogP contribution in [0.3, 0.4) is 0 Å². The van der Waals surface area contributed by atoms with Crippen molar-refractivity contribution >= 4 is 17.5 Å². The van der Waals surface area contributed by atoms with Gasteiger partial charge in [0.2, 0.25) is 5.95 Å². The Morgan fingerprint density at radius 1 is 1.00 bits per heavy atom. The molecule has 6 heteroatoms. The fourth-order valence-electron chi connectivity index (χ4n) is 4.53. The molecule has 1 atom stereocenters. The second-order valence-corrected chi connectivity index (χ2v) is 7.80. The predicted octanol–water partition coefficient (Wildman–Crippen LogP) is 2.43. The van der Waals surface area contributed by atoms with E-state index in [2.05, 4.69) is 52.1 Å². The van der Waals surface area contributed by atoms with Crippen molar-refractivity contribution in [3.05, 3.63) is 41.6 Å². The summed E-state index contributed by atoms with van der Waals surface area (Å²) in [6, 6.07) is 10.6. The van der Waals surface area contributed by atoms with Gasteiger partial charge in [0.05, 0.1) is 18.9 Å². The topological polar surface area (TPSA) is 44.7 Å². The first-order valence-corrected chi connectivity index (χ1v) is 10.0. The summed E-state index contributed by atoms with van der Waals surface area (Å²) in [7, 11) is 2.21. The number of fused-ring (bicyclic) bond motifs is 1. The Balaban J connectivity index is 1.58. The van der Waals surface area contributed by atoms with Crippen LogP contribution in [0, 0.1) is 0 Å². The fraction of sp³-hybridized carbons (Fsp3) is 0.524. The summed E-state index contributed by atoms with van der Waals surface area (Å²) >= 11 is 0. The zero-order chi connectivity index (χ0) is 18.2. The predicted molar refractivity (Wildman–Crippen MR) is 107 cm³/mol. The number of hydrogen-bond acceptors (Lipinski definition) is 6. The maximum Gasteiger partial charge on any atom is 0.227 e. The largest absolute Gasteiger partial charge is 0.378 e. The molecular weight excluding hydrogens is 338 g/mol. The summed E-state index contributed by atoms with van der Waals surface area (Å²) in [6.07, 6.45) is 2.22. The third-order valence-electron chi connectivity index (χ3n) is 5.99. The van der Waals surface area contributed by atoms with Crippen LogP contribution in [-0.2, 0) is 11.2 Å². The molecule has 142 valence electrons. The normalized spacial score (nSPS) is 23.1. The van der Waals surface area contributed by atoms with Gasteiger partial charge in [0, 0.05) is 43.3 Å². The Morgan fingerprint density at radius 3 is 2.56 bits per heavy atom. The molecule has 0 amide bonds. The fourth-order valence-corrected chi connectivity index (χ4v) is 4.53. The third kappa shape index (κ3) is 3.17. The van der Waals surface area contributed by atoms with Gasteiger partial charge in [-0.25, -0.2) is 4.98 Å². The molecule has 4 heterocycles. The van der Waals surface area contributed by atoms with Gasteiger partial charge in [-0.05, 0) is 38.6 Å². The lowest BCUT2D eigenvalue weighted by atomic mass is 9.99. The molecule has 2 fully saturated rings. The molecule has 6 nitrogen and oxygen atoms in total. The molecule has 27 heavy (non-hydrogen) atoms. The number of likely N-dealkylation sites (N-methyl/N-ethyl adjacent to an activating group) is 1. The van der Waals surface area contributed by atoms with E-state index in [1.54, 1.807) is 0 Å². The minimum atomic E-state index is 0.516. The van der Waals surface area contributed by atoms with E-state index in [0.717, 1.165) is 64.1 Å². The summed E-state index contributed by atoms with van der Waals surface area (Å²) in [6.45, 7) is 6.48. The van der Waals surface area contributed by atoms with E-state index in [1.165, 1.54) is 23.4 Å². The standard InChI is InChI=1S/C21H27N5O/c1-24-9-7-16(15-24)19-18-8-10-26(17-5-3-2-4-6-17)20(18)23-21(22-19)25-11-13-27-14-12-25/h2-6,16H,7-15H2,1H3. The van der Waals surface area contributed by atoms with Gasteiger partial charge in [0.15, 0.2) is 0 Å². The summed E-state index contributed by atoms with van der Waals surface area (Å²) in [4.78, 5) is 17.2. The molecule has 2 saturated heterocycles. The van der Waals surface area contributed by atoms with Gasteiger partial charge in [0.1, 0.15) is 5.82 Å². The van der Waals surface area contributed by atoms with Crippen molar-refractivity contribution in [2.75, 3.05) is 62.8 Å². The van der Waals surface area contributed by atoms with Crippen molar-refractivity contribution in [3.8, 4) is 0 Å². The first kappa shape index (κ1) is 17.0. The summed E-state index contributed by atoms with van der Waals surface area (Å²) in [5.74, 6) is 2.51. The van der Waals surface area contributed by atoms with Crippen LogP contribution in [0.2, 0.25) is 0 Å². The molecule has 0 aliphatic carbocycles. The molecule has 0 saturated carbocycles. The molecule has 1 unspecified atom stereocenters. The minimum Gasteiger partial charge on any atom is -0.378 e. The summed E-state index contributed by atoms with van der Waals surface area (Å²) in [5.41, 5.74) is 3.86. The second kappa shape index (κ2) is 7.09. The lowest BCUT2D eigenvalue weighted by Crippen LogP contribution is -2.37. The number of ether oxygens (including phenoxy) is 1. The quantitative estimate of drug-likeness (QED) is 0.832. The number of morpholine rings is 1. The van der Waals surface area contributed by atoms with Crippen molar-refractivity contribution in [2.45, 2.75) is 18.8 Å². The van der Waals surface area contributed by atoms with Crippen LogP contribution in [-0.4, -0.2) is 67.9 Å². The monoisotopic (exact) mass is 365 g/mol. The van der Waals surface area contributed by atoms with Crippen LogP contribution in [0.4, 0.5) is 17.5 Å². The Bertz CT molecular complexity index is 806. The Hall–Kier alpha value is -2.18. The van der Waals surface area contributed by atoms with Gasteiger partial charge in [-0.1, -0.05) is 18.2 Å². The molecule has 1 aromatic carbocycles. The van der Waals surface area contributed by atoms with Crippen LogP contribution in [0.5, 0.6) is 0 Å². The number of para-hydroxylation sites is 1. The van der Waals surface area contributed by atoms with E-state index in [1.807, 2.05) is 0 Å². The van der Waals surface area contributed by atoms with Crippen molar-refractivity contribution < 1.29 is 4.74 Å². The van der Waals surface area contributed by atoms with Gasteiger partial charge >= 0.3 is 0 Å². The minimum absolute atomic E-state index is 0.516. The number of rotatable bonds is 3. The molecule has 1 aromatic heterocycles. The van der Waals surface area contributed by atoms with Gasteiger partial charge in [-0.2, -0.15) is 4.98 Å². The molecule has 0 N–H and O–H groups in total. The van der Waals surface area contributed by atoms with Crippen molar-refractivity contribution in [3.63, 3.8) is 0 Å². The first-order chi connectivity index (χ1) is 13.3. The van der Waals surface area contributed by atoms with Crippen LogP contribution in [0.1, 0.15) is 23.6 Å². The van der Waals surface area contributed by atoms with Crippen molar-refractivity contribution in [1.82, 2.24) is 14.9 Å². The van der Waals surface area contributed by atoms with Crippen molar-refractivity contribution in [2.24, 2.45) is 0 Å². The molecule has 5 rings (SSSR count). The maximum absolute atomic E-state index is 5.53. The second-order valence-electron chi connectivity index (χ2n) is 7.80. The maximum atomic E-state index is 5.53. The van der Waals surface area contributed by atoms with E-state index in [0.29, 0.717) is 5.92 Å². The van der Waals surface area contributed by atoms with Crippen molar-refractivity contribution in [1.29, 1.82) is 0 Å². The zero-order valence-corrected chi connectivity index (χ0v) is 16.0. The van der Waals surface area contributed by atoms with Crippen LogP contribution < -0.4 is 9.80 Å². The zero-order valence-electron chi connectivity index (χ0n) is 16.0. The van der Waals surface area contributed by atoms with Crippen LogP contribution in [0.15, 0.2) is 30.3 Å². The highest BCUT2D eigenvalue weighted by molar-refractivity contribution is 5.68. The Morgan fingerprint density at radius 2 is 1.81 bits per heavy atom. The Labute approximate surface area is 160 Å². The van der Waals surface area contributed by atoms with Gasteiger partial charge in [-0.3, -0.25) is 0 Å². The number of nitrogens with zero attached hydrogens (tertiary/aromatic N) is 5. The van der Waals surface area contributed by atoms with E-state index in [9.17, 15) is 0 Å². The lowest BCUT2D eigenvalue weighted by molar-refractivity contribution is 0.122. The molecule has 0 bridgehead atoms.